The highest BCUT2D eigenvalue weighted by Gasteiger charge is 2.15. The highest BCUT2D eigenvalue weighted by atomic mass is 79.9. The molecule has 0 radical (unpaired) electrons. The Morgan fingerprint density at radius 1 is 1.40 bits per heavy atom. The van der Waals surface area contributed by atoms with Gasteiger partial charge < -0.3 is 5.32 Å². The van der Waals surface area contributed by atoms with Crippen molar-refractivity contribution in [2.24, 2.45) is 0 Å². The van der Waals surface area contributed by atoms with E-state index in [1.165, 1.54) is 29.5 Å². The van der Waals surface area contributed by atoms with E-state index in [1.54, 1.807) is 0 Å². The van der Waals surface area contributed by atoms with Gasteiger partial charge in [-0.25, -0.2) is 0 Å². The van der Waals surface area contributed by atoms with E-state index in [2.05, 4.69) is 21.2 Å². The summed E-state index contributed by atoms with van der Waals surface area (Å²) >= 11 is 10.7. The Kier molecular flexibility index (Phi) is 4.74. The minimum atomic E-state index is -0.566. The van der Waals surface area contributed by atoms with Crippen LogP contribution in [0, 0.1) is 10.1 Å². The van der Waals surface area contributed by atoms with E-state index in [0.29, 0.717) is 6.54 Å². The molecule has 5 nitrogen and oxygen atoms in total. The molecule has 104 valence electrons. The topological polar surface area (TPSA) is 72.2 Å². The van der Waals surface area contributed by atoms with Crippen LogP contribution in [0.1, 0.15) is 15.2 Å². The van der Waals surface area contributed by atoms with Crippen LogP contribution in [0.5, 0.6) is 0 Å². The van der Waals surface area contributed by atoms with Crippen molar-refractivity contribution >= 4 is 50.5 Å². The monoisotopic (exact) mass is 374 g/mol. The van der Waals surface area contributed by atoms with Crippen LogP contribution in [-0.4, -0.2) is 10.8 Å². The Balaban J connectivity index is 2.12. The Morgan fingerprint density at radius 2 is 2.15 bits per heavy atom. The Bertz CT molecular complexity index is 674. The average molecular weight is 376 g/mol. The van der Waals surface area contributed by atoms with Crippen molar-refractivity contribution < 1.29 is 9.72 Å². The second-order valence-corrected chi connectivity index (χ2v) is 6.76. The summed E-state index contributed by atoms with van der Waals surface area (Å²) in [5.74, 6) is -0.441. The molecule has 0 fully saturated rings. The van der Waals surface area contributed by atoms with Crippen LogP contribution in [0.25, 0.3) is 0 Å². The van der Waals surface area contributed by atoms with Crippen molar-refractivity contribution in [2.45, 2.75) is 6.54 Å². The van der Waals surface area contributed by atoms with Crippen molar-refractivity contribution in [3.63, 3.8) is 0 Å². The Labute approximate surface area is 131 Å². The number of non-ortho nitro benzene ring substituents is 1. The quantitative estimate of drug-likeness (QED) is 0.648. The predicted molar refractivity (Wildman–Crippen MR) is 81.3 cm³/mol. The van der Waals surface area contributed by atoms with Gasteiger partial charge in [-0.1, -0.05) is 11.6 Å². The second-order valence-electron chi connectivity index (χ2n) is 3.81. The molecule has 1 aromatic carbocycles. The first-order valence-electron chi connectivity index (χ1n) is 5.43. The van der Waals surface area contributed by atoms with Gasteiger partial charge in [-0.15, -0.1) is 11.3 Å². The normalized spacial score (nSPS) is 10.3. The molecule has 1 amide bonds. The Hall–Kier alpha value is -1.44. The number of thiophene rings is 1. The first-order chi connectivity index (χ1) is 9.47. The summed E-state index contributed by atoms with van der Waals surface area (Å²) in [7, 11) is 0. The van der Waals surface area contributed by atoms with Gasteiger partial charge in [0.1, 0.15) is 0 Å². The number of nitrogens with one attached hydrogen (secondary N) is 1. The highest BCUT2D eigenvalue weighted by molar-refractivity contribution is 9.11. The summed E-state index contributed by atoms with van der Waals surface area (Å²) in [5.41, 5.74) is -0.0742. The standard InChI is InChI=1S/C12H8BrClN2O3S/c13-11-4-2-8(20-11)6-15-12(17)9-5-7(16(18)19)1-3-10(9)14/h1-5H,6H2,(H,15,17). The van der Waals surface area contributed by atoms with Crippen LogP contribution in [0.3, 0.4) is 0 Å². The summed E-state index contributed by atoms with van der Waals surface area (Å²) in [6, 6.07) is 7.53. The van der Waals surface area contributed by atoms with Gasteiger partial charge in [0.05, 0.1) is 25.8 Å². The van der Waals surface area contributed by atoms with E-state index >= 15 is 0 Å². The number of hydrogen-bond acceptors (Lipinski definition) is 4. The van der Waals surface area contributed by atoms with Crippen LogP contribution >= 0.6 is 38.9 Å². The first-order valence-corrected chi connectivity index (χ1v) is 7.42. The molecule has 20 heavy (non-hydrogen) atoms. The molecule has 0 saturated carbocycles. The third kappa shape index (κ3) is 3.56. The molecule has 8 heteroatoms. The van der Waals surface area contributed by atoms with Gasteiger partial charge >= 0.3 is 0 Å². The van der Waals surface area contributed by atoms with E-state index < -0.39 is 10.8 Å². The lowest BCUT2D eigenvalue weighted by Crippen LogP contribution is -2.22. The van der Waals surface area contributed by atoms with Gasteiger partial charge in [-0.2, -0.15) is 0 Å². The van der Waals surface area contributed by atoms with Crippen molar-refractivity contribution in [1.29, 1.82) is 0 Å². The van der Waals surface area contributed by atoms with E-state index in [1.807, 2.05) is 12.1 Å². The fourth-order valence-corrected chi connectivity index (χ4v) is 3.14. The lowest BCUT2D eigenvalue weighted by atomic mass is 10.2. The fraction of sp³-hybridized carbons (Fsp3) is 0.0833. The smallest absolute Gasteiger partial charge is 0.270 e. The highest BCUT2D eigenvalue weighted by Crippen LogP contribution is 2.23. The Morgan fingerprint density at radius 3 is 2.75 bits per heavy atom. The summed E-state index contributed by atoms with van der Waals surface area (Å²) in [5, 5.41) is 13.6. The molecule has 0 aliphatic heterocycles. The molecular weight excluding hydrogens is 368 g/mol. The summed E-state index contributed by atoms with van der Waals surface area (Å²) < 4.78 is 0.968. The molecule has 2 aromatic rings. The van der Waals surface area contributed by atoms with Crippen LogP contribution in [0.4, 0.5) is 5.69 Å². The van der Waals surface area contributed by atoms with E-state index in [9.17, 15) is 14.9 Å². The molecule has 0 saturated heterocycles. The zero-order valence-corrected chi connectivity index (χ0v) is 13.1. The first kappa shape index (κ1) is 15.0. The number of carbonyl (C=O) groups excluding carboxylic acids is 1. The van der Waals surface area contributed by atoms with Crippen molar-refractivity contribution in [3.8, 4) is 0 Å². The average Bonchev–Trinajstić information content (AvgIpc) is 2.82. The number of nitro benzene ring substituents is 1. The van der Waals surface area contributed by atoms with Crippen molar-refractivity contribution in [1.82, 2.24) is 5.32 Å². The van der Waals surface area contributed by atoms with Gasteiger partial charge in [0, 0.05) is 17.0 Å². The maximum atomic E-state index is 12.0. The third-order valence-corrected chi connectivity index (χ3v) is 4.41. The predicted octanol–water partition coefficient (Wildman–Crippen LogP) is 4.00. The molecule has 1 heterocycles. The number of carbonyl (C=O) groups is 1. The van der Waals surface area contributed by atoms with E-state index in [4.69, 9.17) is 11.6 Å². The fourth-order valence-electron chi connectivity index (χ4n) is 1.51. The largest absolute Gasteiger partial charge is 0.347 e. The number of hydrogen-bond donors (Lipinski definition) is 1. The van der Waals surface area contributed by atoms with Crippen LogP contribution in [0.15, 0.2) is 34.1 Å². The lowest BCUT2D eigenvalue weighted by Gasteiger charge is -2.05. The van der Waals surface area contributed by atoms with Crippen LogP contribution < -0.4 is 5.32 Å². The van der Waals surface area contributed by atoms with Gasteiger partial charge in [0.2, 0.25) is 0 Å². The summed E-state index contributed by atoms with van der Waals surface area (Å²) in [6.07, 6.45) is 0. The van der Waals surface area contributed by atoms with E-state index in [-0.39, 0.29) is 16.3 Å². The molecule has 0 spiro atoms. The maximum absolute atomic E-state index is 12.0. The maximum Gasteiger partial charge on any atom is 0.270 e. The van der Waals surface area contributed by atoms with Gasteiger partial charge in [-0.3, -0.25) is 14.9 Å². The molecule has 0 aliphatic rings. The zero-order chi connectivity index (χ0) is 14.7. The lowest BCUT2D eigenvalue weighted by molar-refractivity contribution is -0.384. The molecule has 0 unspecified atom stereocenters. The molecule has 1 aromatic heterocycles. The molecule has 2 rings (SSSR count). The SMILES string of the molecule is O=C(NCc1ccc(Br)s1)c1cc([N+](=O)[O-])ccc1Cl. The number of amides is 1. The molecule has 0 bridgehead atoms. The molecule has 0 atom stereocenters. The number of benzene rings is 1. The third-order valence-electron chi connectivity index (χ3n) is 2.46. The molecule has 1 N–H and O–H groups in total. The zero-order valence-electron chi connectivity index (χ0n) is 9.93. The van der Waals surface area contributed by atoms with Crippen molar-refractivity contribution in [2.75, 3.05) is 0 Å². The minimum absolute atomic E-state index is 0.0940. The van der Waals surface area contributed by atoms with Crippen LogP contribution in [-0.2, 0) is 6.54 Å². The number of nitrogens with zero attached hydrogens (tertiary/aromatic N) is 1. The summed E-state index contributed by atoms with van der Waals surface area (Å²) in [4.78, 5) is 23.1. The van der Waals surface area contributed by atoms with E-state index in [0.717, 1.165) is 8.66 Å². The molecule has 0 aliphatic carbocycles. The van der Waals surface area contributed by atoms with Crippen molar-refractivity contribution in [3.05, 3.63) is 59.7 Å². The van der Waals surface area contributed by atoms with Crippen LogP contribution in [0.2, 0.25) is 5.02 Å². The number of halogens is 2. The minimum Gasteiger partial charge on any atom is -0.347 e. The molecular formula is C12H8BrClN2O3S. The number of rotatable bonds is 4. The van der Waals surface area contributed by atoms with Gasteiger partial charge in [-0.05, 0) is 34.1 Å². The number of nitro groups is 1. The van der Waals surface area contributed by atoms with Gasteiger partial charge in [0.15, 0.2) is 0 Å². The second kappa shape index (κ2) is 6.34. The van der Waals surface area contributed by atoms with Gasteiger partial charge in [0.25, 0.3) is 11.6 Å². The summed E-state index contributed by atoms with van der Waals surface area (Å²) in [6.45, 7) is 0.341.